The number of aromatic nitrogens is 4. The Kier molecular flexibility index (Phi) is 8.37. The van der Waals surface area contributed by atoms with Crippen molar-refractivity contribution in [3.8, 4) is 0 Å². The minimum absolute atomic E-state index is 0.189. The van der Waals surface area contributed by atoms with Crippen LogP contribution in [0.15, 0.2) is 24.5 Å². The van der Waals surface area contributed by atoms with E-state index in [1.165, 1.54) is 0 Å². The van der Waals surface area contributed by atoms with Gasteiger partial charge in [0.1, 0.15) is 5.82 Å². The first kappa shape index (κ1) is 23.5. The fraction of sp³-hybridized carbons (Fsp3) is 0.571. The van der Waals surface area contributed by atoms with Gasteiger partial charge in [0.2, 0.25) is 11.9 Å². The normalized spacial score (nSPS) is 18.7. The number of carbonyl (C=O) groups excluding carboxylic acids is 1. The fourth-order valence-electron chi connectivity index (χ4n) is 4.02. The van der Waals surface area contributed by atoms with E-state index in [1.807, 2.05) is 28.8 Å². The number of hydrogen-bond acceptors (Lipinski definition) is 8. The predicted octanol–water partition coefficient (Wildman–Crippen LogP) is 0.153. The molecule has 11 heteroatoms. The van der Waals surface area contributed by atoms with Gasteiger partial charge in [0.05, 0.1) is 6.10 Å². The van der Waals surface area contributed by atoms with E-state index in [4.69, 9.17) is 14.9 Å². The lowest BCUT2D eigenvalue weighted by molar-refractivity contribution is -0.131. The van der Waals surface area contributed by atoms with Gasteiger partial charge in [-0.25, -0.2) is 4.98 Å². The first-order valence-electron chi connectivity index (χ1n) is 10.9. The van der Waals surface area contributed by atoms with E-state index in [0.717, 1.165) is 50.5 Å². The number of amides is 1. The number of rotatable bonds is 5. The highest BCUT2D eigenvalue weighted by molar-refractivity contribution is 5.76. The van der Waals surface area contributed by atoms with Gasteiger partial charge in [-0.15, -0.1) is 0 Å². The third kappa shape index (κ3) is 6.16. The van der Waals surface area contributed by atoms with Crippen molar-refractivity contribution in [1.29, 1.82) is 0 Å². The number of aryl methyl sites for hydroxylation is 2. The Labute approximate surface area is 187 Å². The molecule has 174 valence electrons. The maximum absolute atomic E-state index is 12.7. The molecule has 11 nitrogen and oxygen atoms in total. The van der Waals surface area contributed by atoms with Gasteiger partial charge in [-0.1, -0.05) is 0 Å². The summed E-state index contributed by atoms with van der Waals surface area (Å²) in [5.41, 5.74) is 1.08. The topological polar surface area (TPSA) is 128 Å². The molecule has 2 aromatic heterocycles. The highest BCUT2D eigenvalue weighted by atomic mass is 16.3. The van der Waals surface area contributed by atoms with Crippen molar-refractivity contribution in [3.05, 3.63) is 30.2 Å². The summed E-state index contributed by atoms with van der Waals surface area (Å²) in [6, 6.07) is 3.86. The van der Waals surface area contributed by atoms with Crippen LogP contribution < -0.4 is 9.80 Å². The van der Waals surface area contributed by atoms with Crippen LogP contribution in [0.3, 0.4) is 0 Å². The fourth-order valence-corrected chi connectivity index (χ4v) is 4.02. The largest absolute Gasteiger partial charge is 0.483 e. The van der Waals surface area contributed by atoms with Gasteiger partial charge in [-0.3, -0.25) is 14.3 Å². The van der Waals surface area contributed by atoms with Crippen LogP contribution in [0.2, 0.25) is 0 Å². The first-order valence-corrected chi connectivity index (χ1v) is 10.9. The third-order valence-electron chi connectivity index (χ3n) is 5.76. The van der Waals surface area contributed by atoms with E-state index in [-0.39, 0.29) is 18.5 Å². The lowest BCUT2D eigenvalue weighted by Gasteiger charge is -2.23. The quantitative estimate of drug-likeness (QED) is 0.618. The summed E-state index contributed by atoms with van der Waals surface area (Å²) in [5, 5.41) is 20.8. The second-order valence-electron chi connectivity index (χ2n) is 7.88. The van der Waals surface area contributed by atoms with Crippen molar-refractivity contribution in [3.63, 3.8) is 0 Å². The molecule has 2 aliphatic rings. The standard InChI is InChI=1S/C20H29N7O2.CH2O2/c1-24-16(5-9-22-24)3-4-19(29)25-10-2-11-26(14-13-25)20-21-8-6-18(23-20)27-12-7-17(28)15-27;2-1-3/h5-6,8-9,17,28H,2-4,7,10-15H2,1H3;1H,(H,2,3). The molecule has 0 bridgehead atoms. The summed E-state index contributed by atoms with van der Waals surface area (Å²) < 4.78 is 1.82. The molecule has 0 aromatic carbocycles. The summed E-state index contributed by atoms with van der Waals surface area (Å²) in [6.07, 6.45) is 6.15. The molecule has 1 amide bonds. The van der Waals surface area contributed by atoms with Crippen LogP contribution in [0.25, 0.3) is 0 Å². The van der Waals surface area contributed by atoms with Gasteiger partial charge in [0, 0.05) is 70.8 Å². The van der Waals surface area contributed by atoms with Crippen LogP contribution in [0.1, 0.15) is 25.0 Å². The maximum atomic E-state index is 12.7. The summed E-state index contributed by atoms with van der Waals surface area (Å²) in [6.45, 7) is 4.19. The van der Waals surface area contributed by atoms with Gasteiger partial charge >= 0.3 is 0 Å². The Bertz CT molecular complexity index is 891. The van der Waals surface area contributed by atoms with Gasteiger partial charge in [-0.2, -0.15) is 10.1 Å². The van der Waals surface area contributed by atoms with Crippen molar-refractivity contribution in [2.45, 2.75) is 31.8 Å². The van der Waals surface area contributed by atoms with Gasteiger partial charge in [0.25, 0.3) is 6.47 Å². The number of nitrogens with zero attached hydrogens (tertiary/aromatic N) is 7. The zero-order valence-electron chi connectivity index (χ0n) is 18.4. The monoisotopic (exact) mass is 445 g/mol. The molecule has 1 atom stereocenters. The van der Waals surface area contributed by atoms with Gasteiger partial charge < -0.3 is 24.9 Å². The lowest BCUT2D eigenvalue weighted by Crippen LogP contribution is -2.36. The van der Waals surface area contributed by atoms with E-state index in [9.17, 15) is 9.90 Å². The minimum Gasteiger partial charge on any atom is -0.483 e. The van der Waals surface area contributed by atoms with Crippen molar-refractivity contribution < 1.29 is 19.8 Å². The first-order chi connectivity index (χ1) is 15.5. The molecule has 0 saturated carbocycles. The smallest absolute Gasteiger partial charge is 0.290 e. The number of carboxylic acid groups (broad SMARTS) is 1. The van der Waals surface area contributed by atoms with E-state index in [1.54, 1.807) is 12.4 Å². The molecular formula is C21H31N7O4. The number of β-amino-alcohol motifs (C(OH)–C–C–N with tert-alkyl or cyclic N) is 1. The van der Waals surface area contributed by atoms with E-state index < -0.39 is 0 Å². The number of anilines is 2. The van der Waals surface area contributed by atoms with Crippen molar-refractivity contribution in [1.82, 2.24) is 24.6 Å². The minimum atomic E-state index is -0.280. The molecule has 2 fully saturated rings. The van der Waals surface area contributed by atoms with Gasteiger partial charge in [0.15, 0.2) is 0 Å². The molecule has 2 saturated heterocycles. The van der Waals surface area contributed by atoms with Crippen molar-refractivity contribution >= 4 is 24.1 Å². The molecule has 0 spiro atoms. The van der Waals surface area contributed by atoms with Crippen molar-refractivity contribution in [2.75, 3.05) is 49.1 Å². The van der Waals surface area contributed by atoms with Crippen LogP contribution in [0.4, 0.5) is 11.8 Å². The Morgan fingerprint density at radius 3 is 2.66 bits per heavy atom. The summed E-state index contributed by atoms with van der Waals surface area (Å²) >= 11 is 0. The molecule has 4 heterocycles. The molecular weight excluding hydrogens is 414 g/mol. The average molecular weight is 446 g/mol. The zero-order chi connectivity index (χ0) is 22.9. The van der Waals surface area contributed by atoms with E-state index >= 15 is 0 Å². The zero-order valence-corrected chi connectivity index (χ0v) is 18.4. The second-order valence-corrected chi connectivity index (χ2v) is 7.88. The van der Waals surface area contributed by atoms with Crippen LogP contribution in [0, 0.1) is 0 Å². The number of carbonyl (C=O) groups is 2. The predicted molar refractivity (Wildman–Crippen MR) is 119 cm³/mol. The third-order valence-corrected chi connectivity index (χ3v) is 5.76. The van der Waals surface area contributed by atoms with Crippen molar-refractivity contribution in [2.24, 2.45) is 7.05 Å². The second kappa shape index (κ2) is 11.4. The van der Waals surface area contributed by atoms with Crippen LogP contribution >= 0.6 is 0 Å². The number of hydrogen-bond donors (Lipinski definition) is 2. The molecule has 4 rings (SSSR count). The van der Waals surface area contributed by atoms with Gasteiger partial charge in [-0.05, 0) is 31.4 Å². The summed E-state index contributed by atoms with van der Waals surface area (Å²) in [5.74, 6) is 1.75. The molecule has 0 radical (unpaired) electrons. The Morgan fingerprint density at radius 2 is 1.97 bits per heavy atom. The Hall–Kier alpha value is -3.21. The molecule has 32 heavy (non-hydrogen) atoms. The Balaban J connectivity index is 0.000000913. The molecule has 1 unspecified atom stereocenters. The summed E-state index contributed by atoms with van der Waals surface area (Å²) in [7, 11) is 1.90. The highest BCUT2D eigenvalue weighted by Crippen LogP contribution is 2.21. The molecule has 2 aromatic rings. The van der Waals surface area contributed by atoms with Crippen LogP contribution in [0.5, 0.6) is 0 Å². The molecule has 0 aliphatic carbocycles. The molecule has 2 aliphatic heterocycles. The van der Waals surface area contributed by atoms with Crippen LogP contribution in [-0.4, -0.2) is 92.6 Å². The SMILES string of the molecule is Cn1nccc1CCC(=O)N1CCCN(c2nccc(N3CCC(O)C3)n2)CC1.O=CO. The maximum Gasteiger partial charge on any atom is 0.290 e. The highest BCUT2D eigenvalue weighted by Gasteiger charge is 2.24. The average Bonchev–Trinajstić information content (AvgIpc) is 3.32. The summed E-state index contributed by atoms with van der Waals surface area (Å²) in [4.78, 5) is 36.4. The van der Waals surface area contributed by atoms with Crippen LogP contribution in [-0.2, 0) is 23.1 Å². The number of aliphatic hydroxyl groups is 1. The lowest BCUT2D eigenvalue weighted by atomic mass is 10.2. The van der Waals surface area contributed by atoms with E-state index in [2.05, 4.69) is 19.9 Å². The molecule has 2 N–H and O–H groups in total. The van der Waals surface area contributed by atoms with E-state index in [0.29, 0.717) is 31.9 Å². The Morgan fingerprint density at radius 1 is 1.16 bits per heavy atom. The number of aliphatic hydroxyl groups excluding tert-OH is 1.